The van der Waals surface area contributed by atoms with Crippen molar-refractivity contribution in [3.8, 4) is 0 Å². The van der Waals surface area contributed by atoms with Crippen molar-refractivity contribution in [2.24, 2.45) is 0 Å². The van der Waals surface area contributed by atoms with Gasteiger partial charge in [0.1, 0.15) is 11.6 Å². The van der Waals surface area contributed by atoms with Gasteiger partial charge in [0, 0.05) is 11.7 Å². The summed E-state index contributed by atoms with van der Waals surface area (Å²) in [6, 6.07) is 5.85. The van der Waals surface area contributed by atoms with Gasteiger partial charge in [-0.05, 0) is 64.4 Å². The van der Waals surface area contributed by atoms with Crippen molar-refractivity contribution in [3.63, 3.8) is 0 Å². The molecule has 23 heavy (non-hydrogen) atoms. The second-order valence-electron chi connectivity index (χ2n) is 6.74. The molecule has 6 heteroatoms. The summed E-state index contributed by atoms with van der Waals surface area (Å²) < 4.78 is 5.51. The van der Waals surface area contributed by atoms with Gasteiger partial charge in [-0.1, -0.05) is 0 Å². The third kappa shape index (κ3) is 4.96. The molecule has 1 aliphatic heterocycles. The van der Waals surface area contributed by atoms with Gasteiger partial charge in [0.2, 0.25) is 0 Å². The maximum absolute atomic E-state index is 12.5. The van der Waals surface area contributed by atoms with Crippen LogP contribution in [0.15, 0.2) is 24.3 Å². The summed E-state index contributed by atoms with van der Waals surface area (Å²) in [5.41, 5.74) is 0.353. The molecule has 1 aliphatic rings. The predicted molar refractivity (Wildman–Crippen MR) is 87.7 cm³/mol. The molecule has 1 heterocycles. The quantitative estimate of drug-likeness (QED) is 0.721. The highest BCUT2D eigenvalue weighted by molar-refractivity contribution is 5.88. The van der Waals surface area contributed by atoms with Gasteiger partial charge in [0.05, 0.1) is 5.56 Å². The van der Waals surface area contributed by atoms with E-state index in [2.05, 4.69) is 10.6 Å². The average molecular weight is 320 g/mol. The lowest BCUT2D eigenvalue weighted by atomic mass is 10.1. The number of esters is 1. The molecule has 2 unspecified atom stereocenters. The van der Waals surface area contributed by atoms with Crippen molar-refractivity contribution < 1.29 is 19.4 Å². The summed E-state index contributed by atoms with van der Waals surface area (Å²) >= 11 is 0. The largest absolute Gasteiger partial charge is 0.478 e. The van der Waals surface area contributed by atoms with Crippen molar-refractivity contribution >= 4 is 17.6 Å². The molecule has 0 saturated carbocycles. The molecule has 1 aromatic rings. The summed E-state index contributed by atoms with van der Waals surface area (Å²) in [7, 11) is 0. The Morgan fingerprint density at radius 1 is 1.30 bits per heavy atom. The normalized spacial score (nSPS) is 19.2. The molecule has 0 radical (unpaired) electrons. The van der Waals surface area contributed by atoms with Crippen LogP contribution in [0.25, 0.3) is 0 Å². The number of hydrogen-bond acceptors (Lipinski definition) is 5. The Kier molecular flexibility index (Phi) is 5.26. The molecule has 3 N–H and O–H groups in total. The van der Waals surface area contributed by atoms with Crippen molar-refractivity contribution in [1.82, 2.24) is 5.32 Å². The van der Waals surface area contributed by atoms with E-state index >= 15 is 0 Å². The zero-order chi connectivity index (χ0) is 17.0. The van der Waals surface area contributed by atoms with E-state index in [0.717, 1.165) is 19.4 Å². The fourth-order valence-corrected chi connectivity index (χ4v) is 2.57. The van der Waals surface area contributed by atoms with Crippen LogP contribution in [-0.4, -0.2) is 41.3 Å². The lowest BCUT2D eigenvalue weighted by Crippen LogP contribution is -2.48. The number of anilines is 1. The zero-order valence-corrected chi connectivity index (χ0v) is 13.8. The third-order valence-corrected chi connectivity index (χ3v) is 3.62. The fraction of sp³-hybridized carbons (Fsp3) is 0.529. The van der Waals surface area contributed by atoms with Crippen molar-refractivity contribution in [2.75, 3.05) is 11.9 Å². The van der Waals surface area contributed by atoms with Crippen LogP contribution >= 0.6 is 0 Å². The van der Waals surface area contributed by atoms with E-state index in [0.29, 0.717) is 5.69 Å². The van der Waals surface area contributed by atoms with E-state index in [4.69, 9.17) is 9.84 Å². The van der Waals surface area contributed by atoms with E-state index in [1.165, 1.54) is 12.1 Å². The molecule has 2 rings (SSSR count). The molecule has 0 bridgehead atoms. The lowest BCUT2D eigenvalue weighted by molar-refractivity contribution is -0.156. The minimum Gasteiger partial charge on any atom is -0.478 e. The van der Waals surface area contributed by atoms with Crippen molar-refractivity contribution in [3.05, 3.63) is 29.8 Å². The average Bonchev–Trinajstić information content (AvgIpc) is 2.97. The summed E-state index contributed by atoms with van der Waals surface area (Å²) in [5.74, 6) is -1.28. The molecular formula is C17H24N2O4. The molecular weight excluding hydrogens is 296 g/mol. The summed E-state index contributed by atoms with van der Waals surface area (Å²) in [4.78, 5) is 23.4. The van der Waals surface area contributed by atoms with Gasteiger partial charge in [0.25, 0.3) is 0 Å². The number of aromatic carboxylic acids is 1. The molecule has 126 valence electrons. The Morgan fingerprint density at radius 2 is 1.96 bits per heavy atom. The third-order valence-electron chi connectivity index (χ3n) is 3.62. The van der Waals surface area contributed by atoms with E-state index in [1.54, 1.807) is 12.1 Å². The zero-order valence-electron chi connectivity index (χ0n) is 13.8. The molecule has 1 saturated heterocycles. The number of carboxylic acids is 1. The van der Waals surface area contributed by atoms with E-state index in [-0.39, 0.29) is 17.6 Å². The van der Waals surface area contributed by atoms with Gasteiger partial charge in [-0.2, -0.15) is 0 Å². The molecule has 1 aromatic carbocycles. The monoisotopic (exact) mass is 320 g/mol. The van der Waals surface area contributed by atoms with E-state index in [1.807, 2.05) is 20.8 Å². The minimum atomic E-state index is -0.974. The smallest absolute Gasteiger partial charge is 0.335 e. The van der Waals surface area contributed by atoms with E-state index < -0.39 is 17.6 Å². The van der Waals surface area contributed by atoms with Crippen LogP contribution in [0.3, 0.4) is 0 Å². The maximum Gasteiger partial charge on any atom is 0.335 e. The number of ether oxygens (including phenoxy) is 1. The number of benzene rings is 1. The summed E-state index contributed by atoms with van der Waals surface area (Å²) in [5, 5.41) is 15.4. The van der Waals surface area contributed by atoms with Crippen LogP contribution < -0.4 is 10.6 Å². The maximum atomic E-state index is 12.5. The van der Waals surface area contributed by atoms with Crippen molar-refractivity contribution in [2.45, 2.75) is 51.3 Å². The Hall–Kier alpha value is -2.08. The van der Waals surface area contributed by atoms with E-state index in [9.17, 15) is 9.59 Å². The highest BCUT2D eigenvalue weighted by Gasteiger charge is 2.33. The Labute approximate surface area is 136 Å². The van der Waals surface area contributed by atoms with Gasteiger partial charge < -0.3 is 20.5 Å². The van der Waals surface area contributed by atoms with Crippen LogP contribution in [0.2, 0.25) is 0 Å². The Bertz CT molecular complexity index is 557. The van der Waals surface area contributed by atoms with Crippen molar-refractivity contribution in [1.29, 1.82) is 0 Å². The molecule has 2 atom stereocenters. The number of rotatable bonds is 5. The first kappa shape index (κ1) is 17.3. The standard InChI is InChI=1S/C17H24N2O4/c1-17(2,3)23-16(22)14(13-5-4-10-18-13)19-12-8-6-11(7-9-12)15(20)21/h6-9,13-14,18-19H,4-5,10H2,1-3H3,(H,20,21). The second-order valence-corrected chi connectivity index (χ2v) is 6.74. The van der Waals surface area contributed by atoms with Gasteiger partial charge in [-0.15, -0.1) is 0 Å². The highest BCUT2D eigenvalue weighted by Crippen LogP contribution is 2.19. The van der Waals surface area contributed by atoms with Gasteiger partial charge >= 0.3 is 11.9 Å². The summed E-state index contributed by atoms with van der Waals surface area (Å²) in [6.45, 7) is 6.40. The first-order valence-corrected chi connectivity index (χ1v) is 7.82. The number of carbonyl (C=O) groups is 2. The SMILES string of the molecule is CC(C)(C)OC(=O)C(Nc1ccc(C(=O)O)cc1)C1CCCN1. The molecule has 0 spiro atoms. The number of carbonyl (C=O) groups excluding carboxylic acids is 1. The van der Waals surface area contributed by atoms with Crippen LogP contribution in [0.4, 0.5) is 5.69 Å². The number of hydrogen-bond donors (Lipinski definition) is 3. The van der Waals surface area contributed by atoms with Crippen LogP contribution in [-0.2, 0) is 9.53 Å². The second kappa shape index (κ2) is 7.00. The molecule has 6 nitrogen and oxygen atoms in total. The van der Waals surface area contributed by atoms with Crippen LogP contribution in [0.1, 0.15) is 44.0 Å². The first-order valence-electron chi connectivity index (χ1n) is 7.82. The van der Waals surface area contributed by atoms with Gasteiger partial charge in [-0.25, -0.2) is 9.59 Å². The molecule has 1 fully saturated rings. The topological polar surface area (TPSA) is 87.7 Å². The first-order chi connectivity index (χ1) is 10.8. The number of carboxylic acid groups (broad SMARTS) is 1. The highest BCUT2D eigenvalue weighted by atomic mass is 16.6. The number of nitrogens with one attached hydrogen (secondary N) is 2. The predicted octanol–water partition coefficient (Wildman–Crippen LogP) is 2.26. The molecule has 0 amide bonds. The Balaban J connectivity index is 2.13. The van der Waals surface area contributed by atoms with Gasteiger partial charge in [-0.3, -0.25) is 0 Å². The fourth-order valence-electron chi connectivity index (χ4n) is 2.57. The van der Waals surface area contributed by atoms with Gasteiger partial charge in [0.15, 0.2) is 0 Å². The molecule has 0 aliphatic carbocycles. The molecule has 0 aromatic heterocycles. The van der Waals surface area contributed by atoms with Crippen LogP contribution in [0, 0.1) is 0 Å². The minimum absolute atomic E-state index is 0.00370. The van der Waals surface area contributed by atoms with Crippen LogP contribution in [0.5, 0.6) is 0 Å². The summed E-state index contributed by atoms with van der Waals surface area (Å²) in [6.07, 6.45) is 1.91. The lowest BCUT2D eigenvalue weighted by Gasteiger charge is -2.28. The Morgan fingerprint density at radius 3 is 2.43 bits per heavy atom.